The van der Waals surface area contributed by atoms with E-state index in [0.717, 1.165) is 21.9 Å². The fourth-order valence-corrected chi connectivity index (χ4v) is 4.59. The molecule has 0 unspecified atom stereocenters. The van der Waals surface area contributed by atoms with E-state index in [1.54, 1.807) is 18.2 Å². The van der Waals surface area contributed by atoms with E-state index in [-0.39, 0.29) is 19.4 Å². The number of carbonyl (C=O) groups is 1. The van der Waals surface area contributed by atoms with E-state index >= 15 is 0 Å². The molecule has 1 amide bonds. The van der Waals surface area contributed by atoms with E-state index in [1.165, 1.54) is 0 Å². The maximum absolute atomic E-state index is 12.9. The first-order valence-corrected chi connectivity index (χ1v) is 11.4. The van der Waals surface area contributed by atoms with Crippen molar-refractivity contribution in [2.24, 2.45) is 0 Å². The van der Waals surface area contributed by atoms with Crippen molar-refractivity contribution < 1.29 is 27.4 Å². The Hall–Kier alpha value is -2.94. The highest BCUT2D eigenvalue weighted by molar-refractivity contribution is 7.92. The number of sulfonamides is 1. The Bertz CT molecular complexity index is 1080. The molecule has 160 valence electrons. The minimum absolute atomic E-state index is 0.0804. The zero-order valence-electron chi connectivity index (χ0n) is 17.0. The van der Waals surface area contributed by atoms with Crippen LogP contribution in [0.3, 0.4) is 0 Å². The maximum atomic E-state index is 12.9. The minimum atomic E-state index is -3.70. The summed E-state index contributed by atoms with van der Waals surface area (Å²) in [6.45, 7) is 3.64. The van der Waals surface area contributed by atoms with E-state index in [9.17, 15) is 13.2 Å². The molecule has 2 aliphatic rings. The van der Waals surface area contributed by atoms with Gasteiger partial charge < -0.3 is 19.5 Å². The van der Waals surface area contributed by atoms with Gasteiger partial charge in [0.25, 0.3) is 0 Å². The average molecular weight is 432 g/mol. The van der Waals surface area contributed by atoms with Crippen molar-refractivity contribution in [2.45, 2.75) is 31.9 Å². The zero-order chi connectivity index (χ0) is 21.5. The number of para-hydroxylation sites is 1. The van der Waals surface area contributed by atoms with Crippen molar-refractivity contribution in [3.63, 3.8) is 0 Å². The van der Waals surface area contributed by atoms with Crippen LogP contribution in [0.4, 0.5) is 5.69 Å². The maximum Gasteiger partial charge on any atom is 0.241 e. The lowest BCUT2D eigenvalue weighted by Crippen LogP contribution is -2.45. The Morgan fingerprint density at radius 3 is 2.63 bits per heavy atom. The summed E-state index contributed by atoms with van der Waals surface area (Å²) in [6, 6.07) is 12.0. The molecular formula is C21H24N2O6S. The molecule has 0 fully saturated rings. The van der Waals surface area contributed by atoms with E-state index in [4.69, 9.17) is 14.2 Å². The number of anilines is 1. The van der Waals surface area contributed by atoms with Crippen molar-refractivity contribution in [1.29, 1.82) is 0 Å². The molecular weight excluding hydrogens is 408 g/mol. The summed E-state index contributed by atoms with van der Waals surface area (Å²) in [5.74, 6) is 1.30. The second-order valence-electron chi connectivity index (χ2n) is 8.03. The van der Waals surface area contributed by atoms with Gasteiger partial charge in [0.1, 0.15) is 17.9 Å². The van der Waals surface area contributed by atoms with Crippen LogP contribution in [0.1, 0.15) is 31.9 Å². The fraction of sp³-hybridized carbons (Fsp3) is 0.381. The van der Waals surface area contributed by atoms with Crippen LogP contribution < -0.4 is 23.8 Å². The first-order valence-electron chi connectivity index (χ1n) is 9.57. The first kappa shape index (κ1) is 20.3. The summed E-state index contributed by atoms with van der Waals surface area (Å²) in [4.78, 5) is 12.9. The predicted octanol–water partition coefficient (Wildman–Crippen LogP) is 2.60. The lowest BCUT2D eigenvalue weighted by molar-refractivity contribution is -0.120. The third-order valence-electron chi connectivity index (χ3n) is 5.04. The number of benzene rings is 2. The molecule has 4 rings (SSSR count). The second-order valence-corrected chi connectivity index (χ2v) is 9.94. The molecule has 2 aromatic rings. The van der Waals surface area contributed by atoms with Gasteiger partial charge >= 0.3 is 0 Å². The lowest BCUT2D eigenvalue weighted by Gasteiger charge is -2.38. The van der Waals surface area contributed by atoms with Crippen molar-refractivity contribution in [3.05, 3.63) is 48.0 Å². The van der Waals surface area contributed by atoms with Gasteiger partial charge in [-0.25, -0.2) is 8.42 Å². The normalized spacial score (nSPS) is 18.8. The molecule has 0 saturated heterocycles. The molecule has 8 nitrogen and oxygen atoms in total. The van der Waals surface area contributed by atoms with Gasteiger partial charge in [-0.05, 0) is 32.0 Å². The number of hydrogen-bond donors (Lipinski definition) is 1. The number of ether oxygens (including phenoxy) is 3. The lowest BCUT2D eigenvalue weighted by atomic mass is 9.89. The van der Waals surface area contributed by atoms with Crippen LogP contribution in [0.25, 0.3) is 0 Å². The summed E-state index contributed by atoms with van der Waals surface area (Å²) >= 11 is 0. The van der Waals surface area contributed by atoms with Crippen molar-refractivity contribution in [1.82, 2.24) is 5.32 Å². The highest BCUT2D eigenvalue weighted by Crippen LogP contribution is 2.39. The summed E-state index contributed by atoms with van der Waals surface area (Å²) < 4.78 is 42.5. The summed E-state index contributed by atoms with van der Waals surface area (Å²) in [7, 11) is -3.70. The first-order chi connectivity index (χ1) is 14.1. The number of amides is 1. The van der Waals surface area contributed by atoms with Gasteiger partial charge in [-0.2, -0.15) is 0 Å². The highest BCUT2D eigenvalue weighted by atomic mass is 32.2. The van der Waals surface area contributed by atoms with Crippen LogP contribution in [-0.4, -0.2) is 39.5 Å². The third kappa shape index (κ3) is 4.16. The summed E-state index contributed by atoms with van der Waals surface area (Å²) in [5, 5.41) is 2.97. The Morgan fingerprint density at radius 1 is 1.13 bits per heavy atom. The molecule has 9 heteroatoms. The molecule has 30 heavy (non-hydrogen) atoms. The number of nitrogens with zero attached hydrogens (tertiary/aromatic N) is 1. The summed E-state index contributed by atoms with van der Waals surface area (Å²) in [5.41, 5.74) is 0.754. The van der Waals surface area contributed by atoms with Gasteiger partial charge in [0, 0.05) is 18.1 Å². The SMILES string of the molecule is CC1(C)C[C@H](NC(=O)CN(c2ccc3c(c2)OCO3)S(C)(=O)=O)c2ccccc2O1. The van der Waals surface area contributed by atoms with Gasteiger partial charge in [-0.3, -0.25) is 9.10 Å². The van der Waals surface area contributed by atoms with Crippen LogP contribution in [0.15, 0.2) is 42.5 Å². The van der Waals surface area contributed by atoms with Gasteiger partial charge in [0.2, 0.25) is 22.7 Å². The Kier molecular flexibility index (Phi) is 5.01. The molecule has 1 N–H and O–H groups in total. The summed E-state index contributed by atoms with van der Waals surface area (Å²) in [6.07, 6.45) is 1.64. The van der Waals surface area contributed by atoms with Crippen LogP contribution in [0.2, 0.25) is 0 Å². The number of carbonyl (C=O) groups excluding carboxylic acids is 1. The fourth-order valence-electron chi connectivity index (χ4n) is 3.74. The quantitative estimate of drug-likeness (QED) is 0.781. The monoisotopic (exact) mass is 432 g/mol. The molecule has 2 aromatic carbocycles. The van der Waals surface area contributed by atoms with Crippen LogP contribution in [-0.2, 0) is 14.8 Å². The number of hydrogen-bond acceptors (Lipinski definition) is 6. The Labute approximate surface area is 175 Å². The van der Waals surface area contributed by atoms with Crippen LogP contribution in [0, 0.1) is 0 Å². The standard InChI is InChI=1S/C21H24N2O6S/c1-21(2)11-16(15-6-4-5-7-17(15)29-21)22-20(24)12-23(30(3,25)26)14-8-9-18-19(10-14)28-13-27-18/h4-10,16H,11-13H2,1-3H3,(H,22,24)/t16-/m0/s1. The molecule has 0 bridgehead atoms. The average Bonchev–Trinajstić information content (AvgIpc) is 3.12. The largest absolute Gasteiger partial charge is 0.487 e. The van der Waals surface area contributed by atoms with Crippen molar-refractivity contribution in [3.8, 4) is 17.2 Å². The zero-order valence-corrected chi connectivity index (χ0v) is 17.9. The van der Waals surface area contributed by atoms with Gasteiger partial charge in [0.15, 0.2) is 11.5 Å². The van der Waals surface area contributed by atoms with Gasteiger partial charge in [-0.15, -0.1) is 0 Å². The number of nitrogens with one attached hydrogen (secondary N) is 1. The van der Waals surface area contributed by atoms with Crippen molar-refractivity contribution >= 4 is 21.6 Å². The smallest absolute Gasteiger partial charge is 0.241 e. The molecule has 2 aliphatic heterocycles. The Balaban J connectivity index is 1.56. The van der Waals surface area contributed by atoms with E-state index < -0.39 is 21.5 Å². The molecule has 1 atom stereocenters. The van der Waals surface area contributed by atoms with Crippen molar-refractivity contribution in [2.75, 3.05) is 23.9 Å². The highest BCUT2D eigenvalue weighted by Gasteiger charge is 2.35. The Morgan fingerprint density at radius 2 is 1.87 bits per heavy atom. The molecule has 0 aliphatic carbocycles. The number of fused-ring (bicyclic) bond motifs is 2. The molecule has 0 spiro atoms. The third-order valence-corrected chi connectivity index (χ3v) is 6.18. The molecule has 0 aromatic heterocycles. The topological polar surface area (TPSA) is 94.2 Å². The van der Waals surface area contributed by atoms with Gasteiger partial charge in [-0.1, -0.05) is 18.2 Å². The predicted molar refractivity (Wildman–Crippen MR) is 111 cm³/mol. The van der Waals surface area contributed by atoms with E-state index in [0.29, 0.717) is 23.6 Å². The van der Waals surface area contributed by atoms with Gasteiger partial charge in [0.05, 0.1) is 18.0 Å². The van der Waals surface area contributed by atoms with Crippen LogP contribution >= 0.6 is 0 Å². The molecule has 0 saturated carbocycles. The van der Waals surface area contributed by atoms with E-state index in [2.05, 4.69) is 5.32 Å². The minimum Gasteiger partial charge on any atom is -0.487 e. The van der Waals surface area contributed by atoms with Crippen LogP contribution in [0.5, 0.6) is 17.2 Å². The second kappa shape index (κ2) is 7.39. The molecule has 2 heterocycles. The molecule has 0 radical (unpaired) electrons. The van der Waals surface area contributed by atoms with E-state index in [1.807, 2.05) is 38.1 Å². The number of rotatable bonds is 5.